The van der Waals surface area contributed by atoms with E-state index in [4.69, 9.17) is 0 Å². The second-order valence-corrected chi connectivity index (χ2v) is 4.66. The Labute approximate surface area is 121 Å². The molecule has 0 unspecified atom stereocenters. The molecule has 2 N–H and O–H groups in total. The van der Waals surface area contributed by atoms with E-state index in [1.165, 1.54) is 11.1 Å². The number of anilines is 1. The number of H-pyrrole nitrogens is 1. The second kappa shape index (κ2) is 5.31. The molecule has 0 radical (unpaired) electrons. The van der Waals surface area contributed by atoms with Crippen molar-refractivity contribution in [2.24, 2.45) is 0 Å². The molecule has 2 aromatic heterocycles. The summed E-state index contributed by atoms with van der Waals surface area (Å²) in [7, 11) is 0. The molecule has 0 aliphatic carbocycles. The van der Waals surface area contributed by atoms with E-state index in [-0.39, 0.29) is 12.4 Å². The van der Waals surface area contributed by atoms with Crippen LogP contribution in [-0.4, -0.2) is 32.9 Å². The lowest BCUT2D eigenvalue weighted by Gasteiger charge is -2.26. The van der Waals surface area contributed by atoms with E-state index in [1.54, 1.807) is 0 Å². The van der Waals surface area contributed by atoms with Gasteiger partial charge in [-0.2, -0.15) is 23.3 Å². The van der Waals surface area contributed by atoms with Crippen molar-refractivity contribution in [3.8, 4) is 0 Å². The average molecular weight is 316 g/mol. The minimum atomic E-state index is -4.68. The maximum Gasteiger partial charge on any atom is 0.455 e. The molecule has 11 heteroatoms. The Morgan fingerprint density at radius 3 is 3.05 bits per heavy atom. The molecule has 0 atom stereocenters. The topological polar surface area (TPSA) is 99.9 Å². The first-order valence-corrected chi connectivity index (χ1v) is 6.42. The number of rotatable bonds is 2. The zero-order chi connectivity index (χ0) is 15.7. The molecule has 3 rings (SSSR count). The van der Waals surface area contributed by atoms with Gasteiger partial charge in [-0.15, -0.1) is 0 Å². The van der Waals surface area contributed by atoms with Gasteiger partial charge >= 0.3 is 12.2 Å². The van der Waals surface area contributed by atoms with Gasteiger partial charge in [0.15, 0.2) is 0 Å². The minimum Gasteiger partial charge on any atom is -0.337 e. The predicted octanol–water partition coefficient (Wildman–Crippen LogP) is 1.47. The van der Waals surface area contributed by atoms with Gasteiger partial charge < -0.3 is 9.84 Å². The highest BCUT2D eigenvalue weighted by Crippen LogP contribution is 2.26. The molecule has 0 bridgehead atoms. The van der Waals surface area contributed by atoms with Gasteiger partial charge in [0.25, 0.3) is 5.82 Å². The quantitative estimate of drug-likeness (QED) is 0.874. The highest BCUT2D eigenvalue weighted by atomic mass is 19.4. The number of hydrogen-bond donors (Lipinski definition) is 2. The molecular formula is C11H11F3N6O2. The maximum atomic E-state index is 12.3. The fraction of sp³-hybridized carbons (Fsp3) is 0.455. The van der Waals surface area contributed by atoms with Crippen LogP contribution >= 0.6 is 0 Å². The van der Waals surface area contributed by atoms with E-state index < -0.39 is 18.0 Å². The molecule has 0 saturated carbocycles. The molecule has 0 aromatic carbocycles. The number of amides is 2. The monoisotopic (exact) mass is 316 g/mol. The molecule has 1 aliphatic rings. The van der Waals surface area contributed by atoms with E-state index in [2.05, 4.69) is 30.2 Å². The van der Waals surface area contributed by atoms with E-state index in [0.29, 0.717) is 12.2 Å². The van der Waals surface area contributed by atoms with Crippen molar-refractivity contribution < 1.29 is 22.5 Å². The van der Waals surface area contributed by atoms with Crippen LogP contribution in [0.5, 0.6) is 0 Å². The molecule has 0 fully saturated rings. The number of carbonyl (C=O) groups excluding carboxylic acids is 1. The number of halogens is 3. The highest BCUT2D eigenvalue weighted by molar-refractivity contribution is 5.92. The first kappa shape index (κ1) is 14.4. The SMILES string of the molecule is O=C(NCc1nc(C(F)(F)F)no1)N1CCCc2[nH]ncc21. The van der Waals surface area contributed by atoms with Gasteiger partial charge in [-0.25, -0.2) is 4.79 Å². The van der Waals surface area contributed by atoms with Crippen molar-refractivity contribution >= 4 is 11.7 Å². The van der Waals surface area contributed by atoms with Crippen LogP contribution in [0.25, 0.3) is 0 Å². The van der Waals surface area contributed by atoms with Gasteiger partial charge in [0, 0.05) is 6.54 Å². The molecule has 118 valence electrons. The third kappa shape index (κ3) is 2.73. The van der Waals surface area contributed by atoms with Crippen molar-refractivity contribution in [2.45, 2.75) is 25.6 Å². The summed E-state index contributed by atoms with van der Waals surface area (Å²) in [5.74, 6) is -1.68. The average Bonchev–Trinajstić information content (AvgIpc) is 3.12. The Hall–Kier alpha value is -2.59. The lowest BCUT2D eigenvalue weighted by molar-refractivity contribution is -0.146. The van der Waals surface area contributed by atoms with Crippen LogP contribution in [0.1, 0.15) is 23.8 Å². The molecule has 1 aliphatic heterocycles. The second-order valence-electron chi connectivity index (χ2n) is 4.66. The summed E-state index contributed by atoms with van der Waals surface area (Å²) in [6.45, 7) is 0.210. The van der Waals surface area contributed by atoms with Crippen LogP contribution in [-0.2, 0) is 19.1 Å². The normalized spacial score (nSPS) is 14.8. The summed E-state index contributed by atoms with van der Waals surface area (Å²) in [6.07, 6.45) is -1.59. The fourth-order valence-corrected chi connectivity index (χ4v) is 2.16. The van der Waals surface area contributed by atoms with E-state index in [1.807, 2.05) is 0 Å². The highest BCUT2D eigenvalue weighted by Gasteiger charge is 2.37. The number of urea groups is 1. The molecule has 22 heavy (non-hydrogen) atoms. The first-order chi connectivity index (χ1) is 10.4. The number of alkyl halides is 3. The summed E-state index contributed by atoms with van der Waals surface area (Å²) in [4.78, 5) is 16.7. The van der Waals surface area contributed by atoms with E-state index in [9.17, 15) is 18.0 Å². The van der Waals surface area contributed by atoms with Gasteiger partial charge in [0.05, 0.1) is 24.1 Å². The molecule has 2 aromatic rings. The van der Waals surface area contributed by atoms with Crippen molar-refractivity contribution in [1.29, 1.82) is 0 Å². The largest absolute Gasteiger partial charge is 0.455 e. The van der Waals surface area contributed by atoms with Crippen molar-refractivity contribution in [2.75, 3.05) is 11.4 Å². The minimum absolute atomic E-state index is 0.286. The van der Waals surface area contributed by atoms with Gasteiger partial charge in [-0.1, -0.05) is 5.16 Å². The van der Waals surface area contributed by atoms with E-state index in [0.717, 1.165) is 18.5 Å². The zero-order valence-electron chi connectivity index (χ0n) is 11.1. The van der Waals surface area contributed by atoms with Gasteiger partial charge in [-0.3, -0.25) is 10.00 Å². The standard InChI is InChI=1S/C11H11F3N6O2/c12-11(13,14)9-17-8(22-19-9)5-15-10(21)20-3-1-2-6-7(20)4-16-18-6/h4H,1-3,5H2,(H,15,21)(H,16,18). The molecule has 2 amide bonds. The lowest BCUT2D eigenvalue weighted by Crippen LogP contribution is -2.42. The molecule has 0 spiro atoms. The van der Waals surface area contributed by atoms with Crippen LogP contribution < -0.4 is 10.2 Å². The number of aromatic nitrogens is 4. The zero-order valence-corrected chi connectivity index (χ0v) is 11.1. The summed E-state index contributed by atoms with van der Waals surface area (Å²) in [5, 5.41) is 11.9. The Kier molecular flexibility index (Phi) is 3.47. The van der Waals surface area contributed by atoms with Crippen LogP contribution in [0.3, 0.4) is 0 Å². The molecule has 8 nitrogen and oxygen atoms in total. The predicted molar refractivity (Wildman–Crippen MR) is 65.8 cm³/mol. The smallest absolute Gasteiger partial charge is 0.337 e. The Morgan fingerprint density at radius 2 is 2.32 bits per heavy atom. The van der Waals surface area contributed by atoms with Crippen molar-refractivity contribution in [3.05, 3.63) is 23.6 Å². The van der Waals surface area contributed by atoms with E-state index >= 15 is 0 Å². The first-order valence-electron chi connectivity index (χ1n) is 6.42. The van der Waals surface area contributed by atoms with Gasteiger partial charge in [0.1, 0.15) is 0 Å². The molecule has 3 heterocycles. The fourth-order valence-electron chi connectivity index (χ4n) is 2.16. The summed E-state index contributed by atoms with van der Waals surface area (Å²) in [5.41, 5.74) is 1.50. The number of nitrogens with zero attached hydrogens (tertiary/aromatic N) is 4. The van der Waals surface area contributed by atoms with Crippen LogP contribution in [0.2, 0.25) is 0 Å². The van der Waals surface area contributed by atoms with Crippen molar-refractivity contribution in [3.63, 3.8) is 0 Å². The Balaban J connectivity index is 1.63. The number of hydrogen-bond acceptors (Lipinski definition) is 5. The number of fused-ring (bicyclic) bond motifs is 1. The third-order valence-corrected chi connectivity index (χ3v) is 3.15. The number of carbonyl (C=O) groups is 1. The summed E-state index contributed by atoms with van der Waals surface area (Å²) in [6, 6.07) is -0.464. The number of aromatic amines is 1. The summed E-state index contributed by atoms with van der Waals surface area (Å²) < 4.78 is 41.4. The number of aryl methyl sites for hydroxylation is 1. The van der Waals surface area contributed by atoms with Crippen molar-refractivity contribution in [1.82, 2.24) is 25.7 Å². The van der Waals surface area contributed by atoms with Crippen LogP contribution in [0.4, 0.5) is 23.7 Å². The molecule has 0 saturated heterocycles. The summed E-state index contributed by atoms with van der Waals surface area (Å²) >= 11 is 0. The van der Waals surface area contributed by atoms with Gasteiger partial charge in [0.2, 0.25) is 5.89 Å². The van der Waals surface area contributed by atoms with Crippen LogP contribution in [0.15, 0.2) is 10.7 Å². The lowest BCUT2D eigenvalue weighted by atomic mass is 10.1. The van der Waals surface area contributed by atoms with Gasteiger partial charge in [-0.05, 0) is 12.8 Å². The Bertz CT molecular complexity index is 679. The Morgan fingerprint density at radius 1 is 1.50 bits per heavy atom. The maximum absolute atomic E-state index is 12.3. The third-order valence-electron chi connectivity index (χ3n) is 3.15. The van der Waals surface area contributed by atoms with Crippen LogP contribution in [0, 0.1) is 0 Å². The molecular weight excluding hydrogens is 305 g/mol. The number of nitrogens with one attached hydrogen (secondary N) is 2.